The molecule has 0 fully saturated rings. The summed E-state index contributed by atoms with van der Waals surface area (Å²) in [4.78, 5) is 3.69. The summed E-state index contributed by atoms with van der Waals surface area (Å²) in [6, 6.07) is 7.56. The molecule has 1 heterocycles. The highest BCUT2D eigenvalue weighted by Crippen LogP contribution is 2.32. The van der Waals surface area contributed by atoms with Crippen LogP contribution in [0.3, 0.4) is 0 Å². The van der Waals surface area contributed by atoms with Crippen molar-refractivity contribution in [2.24, 2.45) is 0 Å². The highest BCUT2D eigenvalue weighted by Gasteiger charge is 2.31. The molecule has 0 saturated carbocycles. The van der Waals surface area contributed by atoms with Gasteiger partial charge in [-0.2, -0.15) is 13.2 Å². The summed E-state index contributed by atoms with van der Waals surface area (Å²) in [7, 11) is -2.01. The van der Waals surface area contributed by atoms with E-state index in [0.717, 1.165) is 11.6 Å². The van der Waals surface area contributed by atoms with Crippen LogP contribution in [0.5, 0.6) is 0 Å². The maximum atomic E-state index is 12.6. The first-order valence-electron chi connectivity index (χ1n) is 7.06. The lowest BCUT2D eigenvalue weighted by Crippen LogP contribution is -2.20. The average molecular weight is 394 g/mol. The predicted octanol–water partition coefficient (Wildman–Crippen LogP) is 3.42. The van der Waals surface area contributed by atoms with Gasteiger partial charge in [0, 0.05) is 12.7 Å². The molecule has 1 aromatic carbocycles. The van der Waals surface area contributed by atoms with Gasteiger partial charge >= 0.3 is 6.18 Å². The quantitative estimate of drug-likeness (QED) is 0.789. The molecule has 136 valence electrons. The van der Waals surface area contributed by atoms with Gasteiger partial charge in [0.1, 0.15) is 5.82 Å². The van der Waals surface area contributed by atoms with Crippen molar-refractivity contribution in [1.29, 1.82) is 0 Å². The highest BCUT2D eigenvalue weighted by atomic mass is 35.5. The van der Waals surface area contributed by atoms with E-state index in [2.05, 4.69) is 15.0 Å². The first-order valence-corrected chi connectivity index (χ1v) is 9.09. The molecule has 5 nitrogen and oxygen atoms in total. The van der Waals surface area contributed by atoms with Gasteiger partial charge in [-0.1, -0.05) is 35.9 Å². The van der Waals surface area contributed by atoms with Crippen molar-refractivity contribution in [3.05, 3.63) is 58.2 Å². The van der Waals surface area contributed by atoms with E-state index in [1.807, 2.05) is 0 Å². The number of nitrogens with one attached hydrogen (secondary N) is 2. The Labute approximate surface area is 148 Å². The van der Waals surface area contributed by atoms with Crippen LogP contribution in [0.2, 0.25) is 5.02 Å². The maximum absolute atomic E-state index is 12.6. The van der Waals surface area contributed by atoms with Gasteiger partial charge in [-0.3, -0.25) is 0 Å². The van der Waals surface area contributed by atoms with Gasteiger partial charge in [0.05, 0.1) is 16.3 Å². The van der Waals surface area contributed by atoms with Crippen LogP contribution in [0.25, 0.3) is 0 Å². The lowest BCUT2D eigenvalue weighted by atomic mass is 10.1. The monoisotopic (exact) mass is 393 g/mol. The van der Waals surface area contributed by atoms with E-state index in [0.29, 0.717) is 11.8 Å². The van der Waals surface area contributed by atoms with Crippen LogP contribution in [0.1, 0.15) is 16.7 Å². The summed E-state index contributed by atoms with van der Waals surface area (Å²) in [5, 5.41) is 2.71. The van der Waals surface area contributed by atoms with Crippen LogP contribution >= 0.6 is 11.6 Å². The average Bonchev–Trinajstić information content (AvgIpc) is 2.54. The minimum absolute atomic E-state index is 0.133. The van der Waals surface area contributed by atoms with Gasteiger partial charge in [0.2, 0.25) is 10.0 Å². The molecule has 2 N–H and O–H groups in total. The number of halogens is 4. The third-order valence-electron chi connectivity index (χ3n) is 3.32. The van der Waals surface area contributed by atoms with E-state index < -0.39 is 21.8 Å². The van der Waals surface area contributed by atoms with Crippen LogP contribution in [-0.4, -0.2) is 20.4 Å². The molecule has 0 atom stereocenters. The fraction of sp³-hybridized carbons (Fsp3) is 0.267. The largest absolute Gasteiger partial charge is 0.417 e. The maximum Gasteiger partial charge on any atom is 0.417 e. The third-order valence-corrected chi connectivity index (χ3v) is 4.94. The Kier molecular flexibility index (Phi) is 5.91. The van der Waals surface area contributed by atoms with E-state index in [1.165, 1.54) is 7.05 Å². The van der Waals surface area contributed by atoms with E-state index >= 15 is 0 Å². The van der Waals surface area contributed by atoms with E-state index in [4.69, 9.17) is 11.6 Å². The van der Waals surface area contributed by atoms with Crippen LogP contribution in [-0.2, 0) is 28.5 Å². The smallest absolute Gasteiger partial charge is 0.365 e. The molecule has 0 aliphatic carbocycles. The number of benzene rings is 1. The molecule has 0 amide bonds. The number of alkyl halides is 3. The molecule has 0 saturated heterocycles. The van der Waals surface area contributed by atoms with Crippen molar-refractivity contribution >= 4 is 27.4 Å². The molecule has 0 bridgehead atoms. The van der Waals surface area contributed by atoms with Gasteiger partial charge < -0.3 is 5.32 Å². The first kappa shape index (κ1) is 19.5. The predicted molar refractivity (Wildman–Crippen MR) is 89.7 cm³/mol. The van der Waals surface area contributed by atoms with Crippen molar-refractivity contribution in [2.45, 2.75) is 18.5 Å². The van der Waals surface area contributed by atoms with Crippen molar-refractivity contribution in [3.63, 3.8) is 0 Å². The molecule has 0 unspecified atom stereocenters. The van der Waals surface area contributed by atoms with E-state index in [9.17, 15) is 21.6 Å². The van der Waals surface area contributed by atoms with Gasteiger partial charge in [0.15, 0.2) is 0 Å². The Balaban J connectivity index is 2.02. The molecular formula is C15H15ClF3N3O2S. The van der Waals surface area contributed by atoms with Gasteiger partial charge in [0.25, 0.3) is 0 Å². The van der Waals surface area contributed by atoms with Crippen molar-refractivity contribution in [3.8, 4) is 0 Å². The zero-order chi connectivity index (χ0) is 18.7. The summed E-state index contributed by atoms with van der Waals surface area (Å²) in [6.45, 7) is 0.275. The van der Waals surface area contributed by atoms with Crippen molar-refractivity contribution in [1.82, 2.24) is 9.71 Å². The number of hydrogen-bond acceptors (Lipinski definition) is 4. The van der Waals surface area contributed by atoms with E-state index in [1.54, 1.807) is 24.3 Å². The van der Waals surface area contributed by atoms with Crippen LogP contribution < -0.4 is 10.0 Å². The number of rotatable bonds is 6. The number of nitrogens with zero attached hydrogens (tertiary/aromatic N) is 1. The second-order valence-corrected chi connectivity index (χ2v) is 7.52. The van der Waals surface area contributed by atoms with Gasteiger partial charge in [-0.05, 0) is 24.2 Å². The Hall–Kier alpha value is -1.84. The number of anilines is 1. The van der Waals surface area contributed by atoms with Gasteiger partial charge in [-0.15, -0.1) is 0 Å². The number of aromatic nitrogens is 1. The second kappa shape index (κ2) is 7.59. The van der Waals surface area contributed by atoms with Crippen LogP contribution in [0, 0.1) is 0 Å². The van der Waals surface area contributed by atoms with Crippen molar-refractivity contribution < 1.29 is 21.6 Å². The molecule has 25 heavy (non-hydrogen) atoms. The Bertz CT molecular complexity index is 840. The molecule has 0 radical (unpaired) electrons. The Morgan fingerprint density at radius 1 is 1.16 bits per heavy atom. The summed E-state index contributed by atoms with van der Waals surface area (Å²) in [6.07, 6.45) is -3.79. The normalized spacial score (nSPS) is 12.2. The molecule has 2 aromatic rings. The molecule has 0 aliphatic rings. The third kappa shape index (κ3) is 5.58. The highest BCUT2D eigenvalue weighted by molar-refractivity contribution is 7.88. The SMILES string of the molecule is CNS(=O)(=O)Cc1ccc(CNc2ncc(C(F)(F)F)cc2Cl)cc1. The van der Waals surface area contributed by atoms with Crippen molar-refractivity contribution in [2.75, 3.05) is 12.4 Å². The molecular weight excluding hydrogens is 379 g/mol. The zero-order valence-corrected chi connectivity index (χ0v) is 14.6. The summed E-state index contributed by atoms with van der Waals surface area (Å²) in [5.41, 5.74) is 0.491. The summed E-state index contributed by atoms with van der Waals surface area (Å²) < 4.78 is 62.9. The minimum atomic E-state index is -4.50. The lowest BCUT2D eigenvalue weighted by Gasteiger charge is -2.11. The fourth-order valence-corrected chi connectivity index (χ4v) is 2.96. The molecule has 1 aromatic heterocycles. The van der Waals surface area contributed by atoms with Gasteiger partial charge in [-0.25, -0.2) is 18.1 Å². The molecule has 2 rings (SSSR count). The first-order chi connectivity index (χ1) is 11.6. The molecule has 0 spiro atoms. The minimum Gasteiger partial charge on any atom is -0.365 e. The topological polar surface area (TPSA) is 71.1 Å². The number of sulfonamides is 1. The molecule has 10 heteroatoms. The second-order valence-electron chi connectivity index (χ2n) is 5.19. The summed E-state index contributed by atoms with van der Waals surface area (Å²) in [5.74, 6) is 0.000232. The fourth-order valence-electron chi connectivity index (χ4n) is 1.95. The number of pyridine rings is 1. The number of hydrogen-bond donors (Lipinski definition) is 2. The van der Waals surface area contributed by atoms with E-state index in [-0.39, 0.29) is 23.1 Å². The molecule has 0 aliphatic heterocycles. The Morgan fingerprint density at radius 3 is 2.28 bits per heavy atom. The zero-order valence-electron chi connectivity index (χ0n) is 13.1. The Morgan fingerprint density at radius 2 is 1.76 bits per heavy atom. The summed E-state index contributed by atoms with van der Waals surface area (Å²) >= 11 is 5.82. The van der Waals surface area contributed by atoms with Crippen LogP contribution in [0.4, 0.5) is 19.0 Å². The van der Waals surface area contributed by atoms with Crippen LogP contribution in [0.15, 0.2) is 36.5 Å². The standard InChI is InChI=1S/C15H15ClF3N3O2S/c1-20-25(23,24)9-11-4-2-10(3-5-11)7-21-14-13(16)6-12(8-22-14)15(17,18)19/h2-6,8,20H,7,9H2,1H3,(H,21,22). The lowest BCUT2D eigenvalue weighted by molar-refractivity contribution is -0.137.